The highest BCUT2D eigenvalue weighted by Crippen LogP contribution is 2.08. The van der Waals surface area contributed by atoms with E-state index in [-0.39, 0.29) is 12.0 Å². The summed E-state index contributed by atoms with van der Waals surface area (Å²) in [7, 11) is 0. The molecular formula is C14H20N2O2. The predicted molar refractivity (Wildman–Crippen MR) is 70.1 cm³/mol. The van der Waals surface area contributed by atoms with E-state index < -0.39 is 0 Å². The second kappa shape index (κ2) is 6.52. The number of carbonyl (C=O) groups is 1. The van der Waals surface area contributed by atoms with E-state index in [2.05, 4.69) is 22.3 Å². The maximum Gasteiger partial charge on any atom is 0.324 e. The van der Waals surface area contributed by atoms with Gasteiger partial charge in [-0.3, -0.25) is 9.69 Å². The lowest BCUT2D eigenvalue weighted by Gasteiger charge is -2.32. The zero-order valence-electron chi connectivity index (χ0n) is 10.8. The van der Waals surface area contributed by atoms with Crippen LogP contribution in [0.4, 0.5) is 0 Å². The van der Waals surface area contributed by atoms with Gasteiger partial charge >= 0.3 is 5.97 Å². The number of hydrogen-bond acceptors (Lipinski definition) is 4. The highest BCUT2D eigenvalue weighted by atomic mass is 16.5. The fraction of sp³-hybridized carbons (Fsp3) is 0.500. The van der Waals surface area contributed by atoms with E-state index in [0.717, 1.165) is 19.6 Å². The molecule has 1 aromatic rings. The second-order valence-corrected chi connectivity index (χ2v) is 4.48. The lowest BCUT2D eigenvalue weighted by atomic mass is 10.1. The molecule has 0 radical (unpaired) electrons. The van der Waals surface area contributed by atoms with E-state index in [0.29, 0.717) is 13.2 Å². The number of nitrogens with one attached hydrogen (secondary N) is 1. The molecule has 0 saturated carbocycles. The van der Waals surface area contributed by atoms with Crippen molar-refractivity contribution < 1.29 is 9.53 Å². The molecule has 1 aliphatic rings. The summed E-state index contributed by atoms with van der Waals surface area (Å²) in [5.74, 6) is -0.143. The Morgan fingerprint density at radius 3 is 2.94 bits per heavy atom. The van der Waals surface area contributed by atoms with Crippen molar-refractivity contribution >= 4 is 5.97 Å². The van der Waals surface area contributed by atoms with Crippen LogP contribution in [0.15, 0.2) is 30.3 Å². The van der Waals surface area contributed by atoms with Gasteiger partial charge in [-0.15, -0.1) is 0 Å². The van der Waals surface area contributed by atoms with Crippen molar-refractivity contribution in [2.45, 2.75) is 19.5 Å². The summed E-state index contributed by atoms with van der Waals surface area (Å²) in [4.78, 5) is 14.0. The summed E-state index contributed by atoms with van der Waals surface area (Å²) >= 11 is 0. The number of nitrogens with zero attached hydrogens (tertiary/aromatic N) is 1. The van der Waals surface area contributed by atoms with Crippen molar-refractivity contribution in [1.29, 1.82) is 0 Å². The minimum absolute atomic E-state index is 0.143. The molecule has 0 amide bonds. The Bertz CT molecular complexity index is 381. The quantitative estimate of drug-likeness (QED) is 0.808. The second-order valence-electron chi connectivity index (χ2n) is 4.48. The highest BCUT2D eigenvalue weighted by molar-refractivity contribution is 5.76. The Balaban J connectivity index is 1.89. The van der Waals surface area contributed by atoms with Crippen molar-refractivity contribution in [2.24, 2.45) is 0 Å². The van der Waals surface area contributed by atoms with E-state index in [9.17, 15) is 4.79 Å². The first-order valence-electron chi connectivity index (χ1n) is 6.46. The van der Waals surface area contributed by atoms with E-state index in [1.165, 1.54) is 5.56 Å². The van der Waals surface area contributed by atoms with Crippen molar-refractivity contribution in [2.75, 3.05) is 26.2 Å². The molecule has 1 unspecified atom stereocenters. The molecule has 0 spiro atoms. The van der Waals surface area contributed by atoms with Crippen LogP contribution in [0.1, 0.15) is 12.5 Å². The van der Waals surface area contributed by atoms with Gasteiger partial charge in [0, 0.05) is 26.2 Å². The highest BCUT2D eigenvalue weighted by Gasteiger charge is 2.26. The molecule has 1 atom stereocenters. The molecule has 1 heterocycles. The molecule has 0 aromatic heterocycles. The SMILES string of the molecule is CCOC(=O)C1CN(Cc2ccccc2)CCN1. The standard InChI is InChI=1S/C14H20N2O2/c1-2-18-14(17)13-11-16(9-8-15-13)10-12-6-4-3-5-7-12/h3-7,13,15H,2,8-11H2,1H3. The summed E-state index contributed by atoms with van der Waals surface area (Å²) in [6.45, 7) is 5.67. The van der Waals surface area contributed by atoms with Crippen LogP contribution in [-0.2, 0) is 16.1 Å². The molecule has 0 aliphatic carbocycles. The summed E-state index contributed by atoms with van der Waals surface area (Å²) in [5.41, 5.74) is 1.28. The number of ether oxygens (including phenoxy) is 1. The minimum atomic E-state index is -0.192. The molecule has 4 nitrogen and oxygen atoms in total. The van der Waals surface area contributed by atoms with Crippen molar-refractivity contribution in [1.82, 2.24) is 10.2 Å². The Labute approximate surface area is 108 Å². The van der Waals surface area contributed by atoms with Crippen LogP contribution in [-0.4, -0.2) is 43.2 Å². The van der Waals surface area contributed by atoms with Crippen molar-refractivity contribution in [3.63, 3.8) is 0 Å². The monoisotopic (exact) mass is 248 g/mol. The van der Waals surface area contributed by atoms with Crippen molar-refractivity contribution in [3.8, 4) is 0 Å². The summed E-state index contributed by atoms with van der Waals surface area (Å²) in [6.07, 6.45) is 0. The molecule has 98 valence electrons. The first kappa shape index (κ1) is 13.1. The summed E-state index contributed by atoms with van der Waals surface area (Å²) < 4.78 is 5.05. The summed E-state index contributed by atoms with van der Waals surface area (Å²) in [6, 6.07) is 10.1. The number of benzene rings is 1. The van der Waals surface area contributed by atoms with Gasteiger partial charge in [0.2, 0.25) is 0 Å². The van der Waals surface area contributed by atoms with Crippen LogP contribution in [0, 0.1) is 0 Å². The number of carbonyl (C=O) groups excluding carboxylic acids is 1. The molecule has 4 heteroatoms. The zero-order chi connectivity index (χ0) is 12.8. The van der Waals surface area contributed by atoms with Crippen LogP contribution < -0.4 is 5.32 Å². The Morgan fingerprint density at radius 2 is 2.22 bits per heavy atom. The Morgan fingerprint density at radius 1 is 1.44 bits per heavy atom. The lowest BCUT2D eigenvalue weighted by Crippen LogP contribution is -2.54. The lowest BCUT2D eigenvalue weighted by molar-refractivity contribution is -0.146. The molecular weight excluding hydrogens is 228 g/mol. The van der Waals surface area contributed by atoms with Crippen LogP contribution in [0.5, 0.6) is 0 Å². The third-order valence-corrected chi connectivity index (χ3v) is 3.08. The molecule has 1 aliphatic heterocycles. The van der Waals surface area contributed by atoms with Gasteiger partial charge in [-0.2, -0.15) is 0 Å². The Hall–Kier alpha value is -1.39. The van der Waals surface area contributed by atoms with Crippen LogP contribution in [0.25, 0.3) is 0 Å². The largest absolute Gasteiger partial charge is 0.465 e. The van der Waals surface area contributed by atoms with Crippen molar-refractivity contribution in [3.05, 3.63) is 35.9 Å². The van der Waals surface area contributed by atoms with Gasteiger partial charge in [-0.05, 0) is 12.5 Å². The molecule has 2 rings (SSSR count). The maximum absolute atomic E-state index is 11.7. The molecule has 1 saturated heterocycles. The van der Waals surface area contributed by atoms with Gasteiger partial charge in [0.1, 0.15) is 6.04 Å². The maximum atomic E-state index is 11.7. The zero-order valence-corrected chi connectivity index (χ0v) is 10.8. The van der Waals surface area contributed by atoms with Gasteiger partial charge in [-0.25, -0.2) is 0 Å². The third-order valence-electron chi connectivity index (χ3n) is 3.08. The van der Waals surface area contributed by atoms with Crippen LogP contribution >= 0.6 is 0 Å². The first-order chi connectivity index (χ1) is 8.79. The van der Waals surface area contributed by atoms with Crippen LogP contribution in [0.3, 0.4) is 0 Å². The normalized spacial score (nSPS) is 20.6. The van der Waals surface area contributed by atoms with Gasteiger partial charge in [0.15, 0.2) is 0 Å². The topological polar surface area (TPSA) is 41.6 Å². The number of hydrogen-bond donors (Lipinski definition) is 1. The third kappa shape index (κ3) is 3.55. The van der Waals surface area contributed by atoms with Gasteiger partial charge < -0.3 is 10.1 Å². The fourth-order valence-electron chi connectivity index (χ4n) is 2.20. The van der Waals surface area contributed by atoms with E-state index in [4.69, 9.17) is 4.74 Å². The number of esters is 1. The first-order valence-corrected chi connectivity index (χ1v) is 6.46. The molecule has 1 aromatic carbocycles. The van der Waals surface area contributed by atoms with Gasteiger partial charge in [0.25, 0.3) is 0 Å². The predicted octanol–water partition coefficient (Wildman–Crippen LogP) is 1.02. The minimum Gasteiger partial charge on any atom is -0.465 e. The average molecular weight is 248 g/mol. The number of rotatable bonds is 4. The molecule has 0 bridgehead atoms. The Kier molecular flexibility index (Phi) is 4.73. The molecule has 1 N–H and O–H groups in total. The number of piperazine rings is 1. The molecule has 18 heavy (non-hydrogen) atoms. The summed E-state index contributed by atoms with van der Waals surface area (Å²) in [5, 5.41) is 3.20. The smallest absolute Gasteiger partial charge is 0.324 e. The van der Waals surface area contributed by atoms with Gasteiger partial charge in [-0.1, -0.05) is 30.3 Å². The van der Waals surface area contributed by atoms with Crippen LogP contribution in [0.2, 0.25) is 0 Å². The van der Waals surface area contributed by atoms with E-state index >= 15 is 0 Å². The van der Waals surface area contributed by atoms with E-state index in [1.54, 1.807) is 0 Å². The van der Waals surface area contributed by atoms with Gasteiger partial charge in [0.05, 0.1) is 6.61 Å². The fourth-order valence-corrected chi connectivity index (χ4v) is 2.20. The van der Waals surface area contributed by atoms with E-state index in [1.807, 2.05) is 25.1 Å². The molecule has 1 fully saturated rings. The average Bonchev–Trinajstić information content (AvgIpc) is 2.40.